The maximum absolute atomic E-state index is 12.7. The van der Waals surface area contributed by atoms with Crippen molar-refractivity contribution in [2.45, 2.75) is 32.2 Å². The maximum atomic E-state index is 12.7. The first kappa shape index (κ1) is 17.8. The molecule has 3 heterocycles. The van der Waals surface area contributed by atoms with Gasteiger partial charge < -0.3 is 10.1 Å². The lowest BCUT2D eigenvalue weighted by Crippen LogP contribution is -2.60. The van der Waals surface area contributed by atoms with Gasteiger partial charge in [-0.3, -0.25) is 14.4 Å². The number of nitrogens with zero attached hydrogens (tertiary/aromatic N) is 3. The monoisotopic (exact) mass is 352 g/mol. The van der Waals surface area contributed by atoms with E-state index >= 15 is 0 Å². The molecule has 24 heavy (non-hydrogen) atoms. The molecule has 7 heteroatoms. The number of carbonyl (C=O) groups is 1. The van der Waals surface area contributed by atoms with E-state index in [1.165, 1.54) is 11.5 Å². The Morgan fingerprint density at radius 2 is 1.96 bits per heavy atom. The predicted octanol–water partition coefficient (Wildman–Crippen LogP) is 1.36. The van der Waals surface area contributed by atoms with Gasteiger partial charge in [-0.2, -0.15) is 16.9 Å². The van der Waals surface area contributed by atoms with Crippen LogP contribution in [0.5, 0.6) is 0 Å². The smallest absolute Gasteiger partial charge is 0.255 e. The van der Waals surface area contributed by atoms with Crippen molar-refractivity contribution in [2.24, 2.45) is 7.05 Å². The Labute approximate surface area is 148 Å². The molecule has 2 fully saturated rings. The van der Waals surface area contributed by atoms with Crippen LogP contribution >= 0.6 is 11.8 Å². The standard InChI is InChI=1S/C17H28N4O2S/c1-13-15(14(2)20(3)19-13)16(22)18-12-17(4-8-23-9-5-17)21-6-10-24-11-7-21/h4-12H2,1-3H3,(H,18,22). The molecule has 6 nitrogen and oxygen atoms in total. The third kappa shape index (κ3) is 3.48. The molecule has 3 rings (SSSR count). The molecule has 0 atom stereocenters. The van der Waals surface area contributed by atoms with Crippen LogP contribution in [-0.2, 0) is 11.8 Å². The molecule has 2 aliphatic rings. The van der Waals surface area contributed by atoms with E-state index in [4.69, 9.17) is 4.74 Å². The van der Waals surface area contributed by atoms with E-state index in [0.717, 1.165) is 50.5 Å². The van der Waals surface area contributed by atoms with Gasteiger partial charge in [-0.25, -0.2) is 0 Å². The number of thioether (sulfide) groups is 1. The van der Waals surface area contributed by atoms with Crippen molar-refractivity contribution in [2.75, 3.05) is 44.4 Å². The normalized spacial score (nSPS) is 21.6. The van der Waals surface area contributed by atoms with Crippen molar-refractivity contribution >= 4 is 17.7 Å². The molecule has 0 radical (unpaired) electrons. The average Bonchev–Trinajstić information content (AvgIpc) is 2.87. The second kappa shape index (κ2) is 7.45. The van der Waals surface area contributed by atoms with Crippen molar-refractivity contribution in [1.29, 1.82) is 0 Å². The van der Waals surface area contributed by atoms with Crippen LogP contribution in [0.25, 0.3) is 0 Å². The van der Waals surface area contributed by atoms with Gasteiger partial charge in [0, 0.05) is 62.6 Å². The first-order valence-electron chi connectivity index (χ1n) is 8.72. The Hall–Kier alpha value is -1.05. The van der Waals surface area contributed by atoms with Crippen LogP contribution in [0.2, 0.25) is 0 Å². The zero-order chi connectivity index (χ0) is 17.2. The maximum Gasteiger partial charge on any atom is 0.255 e. The van der Waals surface area contributed by atoms with Gasteiger partial charge in [-0.05, 0) is 26.7 Å². The molecular weight excluding hydrogens is 324 g/mol. The number of nitrogens with one attached hydrogen (secondary N) is 1. The summed E-state index contributed by atoms with van der Waals surface area (Å²) in [6.07, 6.45) is 1.98. The molecule has 0 saturated carbocycles. The van der Waals surface area contributed by atoms with Crippen molar-refractivity contribution in [1.82, 2.24) is 20.0 Å². The third-order valence-corrected chi connectivity index (χ3v) is 6.36. The zero-order valence-electron chi connectivity index (χ0n) is 14.9. The van der Waals surface area contributed by atoms with Crippen LogP contribution in [0.1, 0.15) is 34.6 Å². The average molecular weight is 353 g/mol. The van der Waals surface area contributed by atoms with Crippen LogP contribution in [-0.4, -0.2) is 70.5 Å². The summed E-state index contributed by atoms with van der Waals surface area (Å²) in [7, 11) is 1.88. The molecule has 0 unspecified atom stereocenters. The van der Waals surface area contributed by atoms with Gasteiger partial charge >= 0.3 is 0 Å². The summed E-state index contributed by atoms with van der Waals surface area (Å²) in [4.78, 5) is 15.3. The van der Waals surface area contributed by atoms with E-state index in [9.17, 15) is 4.79 Å². The van der Waals surface area contributed by atoms with Crippen LogP contribution in [0.4, 0.5) is 0 Å². The van der Waals surface area contributed by atoms with Crippen LogP contribution in [0.15, 0.2) is 0 Å². The highest BCUT2D eigenvalue weighted by Gasteiger charge is 2.39. The first-order chi connectivity index (χ1) is 11.5. The Bertz CT molecular complexity index is 590. The molecule has 0 spiro atoms. The Kier molecular flexibility index (Phi) is 5.52. The van der Waals surface area contributed by atoms with E-state index in [1.807, 2.05) is 32.7 Å². The van der Waals surface area contributed by atoms with E-state index in [2.05, 4.69) is 15.3 Å². The molecule has 1 aromatic heterocycles. The summed E-state index contributed by atoms with van der Waals surface area (Å²) in [5.74, 6) is 2.35. The van der Waals surface area contributed by atoms with Crippen LogP contribution < -0.4 is 5.32 Å². The number of aryl methyl sites for hydroxylation is 2. The molecule has 134 valence electrons. The van der Waals surface area contributed by atoms with Gasteiger partial charge in [0.1, 0.15) is 0 Å². The van der Waals surface area contributed by atoms with E-state index in [0.29, 0.717) is 12.1 Å². The molecule has 2 saturated heterocycles. The minimum Gasteiger partial charge on any atom is -0.381 e. The zero-order valence-corrected chi connectivity index (χ0v) is 15.7. The minimum atomic E-state index is -0.00430. The lowest BCUT2D eigenvalue weighted by molar-refractivity contribution is -0.0237. The number of hydrogen-bond donors (Lipinski definition) is 1. The third-order valence-electron chi connectivity index (χ3n) is 5.42. The fraction of sp³-hybridized carbons (Fsp3) is 0.765. The van der Waals surface area contributed by atoms with Crippen molar-refractivity contribution < 1.29 is 9.53 Å². The highest BCUT2D eigenvalue weighted by Crippen LogP contribution is 2.30. The summed E-state index contributed by atoms with van der Waals surface area (Å²) in [5.41, 5.74) is 2.47. The van der Waals surface area contributed by atoms with Crippen LogP contribution in [0, 0.1) is 13.8 Å². The largest absolute Gasteiger partial charge is 0.381 e. The van der Waals surface area contributed by atoms with Gasteiger partial charge in [0.05, 0.1) is 11.3 Å². The van der Waals surface area contributed by atoms with E-state index in [-0.39, 0.29) is 11.4 Å². The lowest BCUT2D eigenvalue weighted by Gasteiger charge is -2.48. The van der Waals surface area contributed by atoms with E-state index in [1.54, 1.807) is 4.68 Å². The fourth-order valence-corrected chi connectivity index (χ4v) is 4.73. The second-order valence-corrected chi connectivity index (χ2v) is 8.01. The highest BCUT2D eigenvalue weighted by atomic mass is 32.2. The summed E-state index contributed by atoms with van der Waals surface area (Å²) in [6.45, 7) is 8.30. The first-order valence-corrected chi connectivity index (χ1v) is 9.88. The molecule has 0 aliphatic carbocycles. The second-order valence-electron chi connectivity index (χ2n) is 6.79. The number of ether oxygens (including phenoxy) is 1. The Morgan fingerprint density at radius 1 is 1.29 bits per heavy atom. The van der Waals surface area contributed by atoms with Gasteiger partial charge in [0.15, 0.2) is 0 Å². The summed E-state index contributed by atoms with van der Waals surface area (Å²) >= 11 is 2.02. The SMILES string of the molecule is Cc1nn(C)c(C)c1C(=O)NCC1(N2CCSCC2)CCOCC1. The highest BCUT2D eigenvalue weighted by molar-refractivity contribution is 7.99. The number of hydrogen-bond acceptors (Lipinski definition) is 5. The molecule has 1 amide bonds. The van der Waals surface area contributed by atoms with Gasteiger partial charge in [-0.1, -0.05) is 0 Å². The molecule has 1 N–H and O–H groups in total. The van der Waals surface area contributed by atoms with Crippen LogP contribution in [0.3, 0.4) is 0 Å². The molecule has 0 bridgehead atoms. The summed E-state index contributed by atoms with van der Waals surface area (Å²) in [6, 6.07) is 0. The molecule has 1 aromatic rings. The van der Waals surface area contributed by atoms with Crippen molar-refractivity contribution in [3.05, 3.63) is 17.0 Å². The van der Waals surface area contributed by atoms with Gasteiger partial charge in [-0.15, -0.1) is 0 Å². The lowest BCUT2D eigenvalue weighted by atomic mass is 9.87. The minimum absolute atomic E-state index is 0.00430. The fourth-order valence-electron chi connectivity index (χ4n) is 3.83. The Balaban J connectivity index is 1.72. The topological polar surface area (TPSA) is 59.4 Å². The number of amides is 1. The molecule has 2 aliphatic heterocycles. The molecular formula is C17H28N4O2S. The van der Waals surface area contributed by atoms with E-state index < -0.39 is 0 Å². The summed E-state index contributed by atoms with van der Waals surface area (Å²) in [5, 5.41) is 7.56. The van der Waals surface area contributed by atoms with Crippen molar-refractivity contribution in [3.8, 4) is 0 Å². The van der Waals surface area contributed by atoms with Crippen molar-refractivity contribution in [3.63, 3.8) is 0 Å². The van der Waals surface area contributed by atoms with Gasteiger partial charge in [0.25, 0.3) is 5.91 Å². The number of aromatic nitrogens is 2. The quantitative estimate of drug-likeness (QED) is 0.887. The van der Waals surface area contributed by atoms with Gasteiger partial charge in [0.2, 0.25) is 0 Å². The molecule has 0 aromatic carbocycles. The summed E-state index contributed by atoms with van der Waals surface area (Å²) < 4.78 is 7.36. The predicted molar refractivity (Wildman–Crippen MR) is 96.7 cm³/mol. The number of rotatable bonds is 4. The Morgan fingerprint density at radius 3 is 2.54 bits per heavy atom. The number of carbonyl (C=O) groups excluding carboxylic acids is 1.